The maximum Gasteiger partial charge on any atom is 0.241 e. The lowest BCUT2D eigenvalue weighted by atomic mass is 10.4. The Labute approximate surface area is 128 Å². The van der Waals surface area contributed by atoms with Crippen LogP contribution < -0.4 is 10.0 Å². The van der Waals surface area contributed by atoms with E-state index in [0.717, 1.165) is 16.3 Å². The first-order valence-electron chi connectivity index (χ1n) is 6.67. The molecule has 0 saturated carbocycles. The Morgan fingerprint density at radius 2 is 2.24 bits per heavy atom. The van der Waals surface area contributed by atoms with Crippen LogP contribution in [0.3, 0.4) is 0 Å². The highest BCUT2D eigenvalue weighted by Gasteiger charge is 2.19. The Morgan fingerprint density at radius 3 is 2.90 bits per heavy atom. The van der Waals surface area contributed by atoms with Crippen molar-refractivity contribution in [1.82, 2.24) is 25.2 Å². The molecule has 9 heteroatoms. The van der Waals surface area contributed by atoms with E-state index in [9.17, 15) is 8.42 Å². The Balaban J connectivity index is 1.99. The van der Waals surface area contributed by atoms with E-state index in [1.165, 1.54) is 17.7 Å². The molecule has 0 amide bonds. The van der Waals surface area contributed by atoms with Gasteiger partial charge in [-0.15, -0.1) is 11.3 Å². The van der Waals surface area contributed by atoms with Crippen LogP contribution in [-0.4, -0.2) is 36.7 Å². The molecule has 0 saturated heterocycles. The Hall–Kier alpha value is -1.29. The molecular formula is C12H19N5O2S2. The van der Waals surface area contributed by atoms with Crippen molar-refractivity contribution in [3.05, 3.63) is 28.0 Å². The van der Waals surface area contributed by atoms with Crippen LogP contribution in [0.5, 0.6) is 0 Å². The number of H-pyrrole nitrogens is 1. The SMILES string of the molecule is CCNCc1cc(S(=O)(=O)NCCc2ncn[nH]2)c(C)s1. The van der Waals surface area contributed by atoms with Crippen LogP contribution in [0.1, 0.15) is 22.5 Å². The van der Waals surface area contributed by atoms with Gasteiger partial charge in [-0.25, -0.2) is 18.1 Å². The molecule has 0 atom stereocenters. The third-order valence-electron chi connectivity index (χ3n) is 2.88. The number of hydrogen-bond acceptors (Lipinski definition) is 6. The van der Waals surface area contributed by atoms with Crippen LogP contribution in [0.25, 0.3) is 0 Å². The van der Waals surface area contributed by atoms with E-state index in [-0.39, 0.29) is 6.54 Å². The first-order chi connectivity index (χ1) is 10.0. The van der Waals surface area contributed by atoms with E-state index in [0.29, 0.717) is 23.7 Å². The summed E-state index contributed by atoms with van der Waals surface area (Å²) in [6.07, 6.45) is 1.88. The molecule has 2 aromatic heterocycles. The third kappa shape index (κ3) is 4.34. The second-order valence-corrected chi connectivity index (χ2v) is 7.57. The van der Waals surface area contributed by atoms with E-state index in [1.54, 1.807) is 6.07 Å². The molecular weight excluding hydrogens is 310 g/mol. The quantitative estimate of drug-likeness (QED) is 0.665. The van der Waals surface area contributed by atoms with Gasteiger partial charge in [0.1, 0.15) is 12.2 Å². The molecule has 0 radical (unpaired) electrons. The van der Waals surface area contributed by atoms with Gasteiger partial charge in [0.15, 0.2) is 0 Å². The van der Waals surface area contributed by atoms with Crippen LogP contribution in [0.2, 0.25) is 0 Å². The molecule has 21 heavy (non-hydrogen) atoms. The number of aryl methyl sites for hydroxylation is 1. The minimum atomic E-state index is -3.48. The molecule has 0 aromatic carbocycles. The minimum absolute atomic E-state index is 0.287. The smallest absolute Gasteiger partial charge is 0.241 e. The summed E-state index contributed by atoms with van der Waals surface area (Å²) in [5.74, 6) is 0.660. The normalized spacial score (nSPS) is 11.9. The predicted molar refractivity (Wildman–Crippen MR) is 81.7 cm³/mol. The lowest BCUT2D eigenvalue weighted by molar-refractivity contribution is 0.580. The maximum atomic E-state index is 12.3. The molecule has 0 fully saturated rings. The molecule has 2 heterocycles. The molecule has 2 rings (SSSR count). The highest BCUT2D eigenvalue weighted by Crippen LogP contribution is 2.25. The summed E-state index contributed by atoms with van der Waals surface area (Å²) in [6.45, 7) is 5.67. The van der Waals surface area contributed by atoms with Gasteiger partial charge in [0.25, 0.3) is 0 Å². The van der Waals surface area contributed by atoms with E-state index in [4.69, 9.17) is 0 Å². The molecule has 3 N–H and O–H groups in total. The highest BCUT2D eigenvalue weighted by molar-refractivity contribution is 7.89. The molecule has 2 aromatic rings. The van der Waals surface area contributed by atoms with Crippen molar-refractivity contribution < 1.29 is 8.42 Å². The average molecular weight is 329 g/mol. The standard InChI is InChI=1S/C12H19N5O2S2/c1-3-13-7-10-6-11(9(2)20-10)21(18,19)16-5-4-12-14-8-15-17-12/h6,8,13,16H,3-5,7H2,1-2H3,(H,14,15,17). The fourth-order valence-corrected chi connectivity index (χ4v) is 4.49. The lowest BCUT2D eigenvalue weighted by Gasteiger charge is -2.04. The number of aromatic amines is 1. The highest BCUT2D eigenvalue weighted by atomic mass is 32.2. The number of thiophene rings is 1. The van der Waals surface area contributed by atoms with Crippen molar-refractivity contribution in [1.29, 1.82) is 0 Å². The Kier molecular flexibility index (Phi) is 5.45. The molecule has 0 bridgehead atoms. The lowest BCUT2D eigenvalue weighted by Crippen LogP contribution is -2.26. The fourth-order valence-electron chi connectivity index (χ4n) is 1.86. The van der Waals surface area contributed by atoms with E-state index >= 15 is 0 Å². The van der Waals surface area contributed by atoms with Gasteiger partial charge in [-0.3, -0.25) is 5.10 Å². The average Bonchev–Trinajstić information content (AvgIpc) is 3.06. The zero-order valence-corrected chi connectivity index (χ0v) is 13.6. The van der Waals surface area contributed by atoms with Crippen LogP contribution >= 0.6 is 11.3 Å². The molecule has 0 aliphatic carbocycles. The van der Waals surface area contributed by atoms with Crippen LogP contribution in [0.15, 0.2) is 17.3 Å². The van der Waals surface area contributed by atoms with Crippen LogP contribution in [-0.2, 0) is 23.0 Å². The van der Waals surface area contributed by atoms with Crippen LogP contribution in [0.4, 0.5) is 0 Å². The van der Waals surface area contributed by atoms with Gasteiger partial charge in [0.05, 0.1) is 4.90 Å². The second kappa shape index (κ2) is 7.12. The van der Waals surface area contributed by atoms with Crippen molar-refractivity contribution in [3.63, 3.8) is 0 Å². The number of sulfonamides is 1. The first kappa shape index (κ1) is 16.1. The van der Waals surface area contributed by atoms with Gasteiger partial charge in [-0.1, -0.05) is 6.92 Å². The summed E-state index contributed by atoms with van der Waals surface area (Å²) in [7, 11) is -3.48. The largest absolute Gasteiger partial charge is 0.312 e. The van der Waals surface area contributed by atoms with Crippen molar-refractivity contribution in [2.75, 3.05) is 13.1 Å². The second-order valence-electron chi connectivity index (χ2n) is 4.49. The summed E-state index contributed by atoms with van der Waals surface area (Å²) in [5, 5.41) is 9.62. The number of nitrogens with one attached hydrogen (secondary N) is 3. The monoisotopic (exact) mass is 329 g/mol. The van der Waals surface area contributed by atoms with Gasteiger partial charge in [0, 0.05) is 29.3 Å². The number of aromatic nitrogens is 3. The van der Waals surface area contributed by atoms with Gasteiger partial charge in [-0.2, -0.15) is 5.10 Å². The number of rotatable bonds is 8. The number of nitrogens with zero attached hydrogens (tertiary/aromatic N) is 2. The zero-order valence-electron chi connectivity index (χ0n) is 12.0. The molecule has 116 valence electrons. The van der Waals surface area contributed by atoms with Crippen molar-refractivity contribution in [2.45, 2.75) is 31.7 Å². The summed E-state index contributed by atoms with van der Waals surface area (Å²) < 4.78 is 27.2. The summed E-state index contributed by atoms with van der Waals surface area (Å²) in [5.41, 5.74) is 0. The maximum absolute atomic E-state index is 12.3. The fraction of sp³-hybridized carbons (Fsp3) is 0.500. The van der Waals surface area contributed by atoms with E-state index in [1.807, 2.05) is 13.8 Å². The molecule has 0 aliphatic rings. The van der Waals surface area contributed by atoms with Gasteiger partial charge < -0.3 is 5.32 Å². The molecule has 0 spiro atoms. The van der Waals surface area contributed by atoms with E-state index in [2.05, 4.69) is 25.2 Å². The van der Waals surface area contributed by atoms with Gasteiger partial charge >= 0.3 is 0 Å². The predicted octanol–water partition coefficient (Wildman–Crippen LogP) is 0.805. The molecule has 7 nitrogen and oxygen atoms in total. The van der Waals surface area contributed by atoms with Crippen molar-refractivity contribution in [3.8, 4) is 0 Å². The Bertz CT molecular complexity index is 664. The van der Waals surface area contributed by atoms with E-state index < -0.39 is 10.0 Å². The zero-order chi connectivity index (χ0) is 15.3. The summed E-state index contributed by atoms with van der Waals surface area (Å²) in [6, 6.07) is 1.74. The van der Waals surface area contributed by atoms with Gasteiger partial charge in [-0.05, 0) is 19.5 Å². The van der Waals surface area contributed by atoms with Gasteiger partial charge in [0.2, 0.25) is 10.0 Å². The van der Waals surface area contributed by atoms with Crippen LogP contribution in [0, 0.1) is 6.92 Å². The summed E-state index contributed by atoms with van der Waals surface area (Å²) >= 11 is 1.50. The molecule has 0 unspecified atom stereocenters. The molecule has 0 aliphatic heterocycles. The topological polar surface area (TPSA) is 99.8 Å². The number of hydrogen-bond donors (Lipinski definition) is 3. The first-order valence-corrected chi connectivity index (χ1v) is 8.97. The van der Waals surface area contributed by atoms with Crippen molar-refractivity contribution in [2.24, 2.45) is 0 Å². The van der Waals surface area contributed by atoms with Crippen molar-refractivity contribution >= 4 is 21.4 Å². The Morgan fingerprint density at radius 1 is 1.43 bits per heavy atom. The third-order valence-corrected chi connectivity index (χ3v) is 5.65. The minimum Gasteiger partial charge on any atom is -0.312 e. The summed E-state index contributed by atoms with van der Waals surface area (Å²) in [4.78, 5) is 6.13.